The fraction of sp³-hybridized carbons (Fsp3) is 0.190. The molecule has 0 aromatic heterocycles. The normalized spacial score (nSPS) is 11.2. The third-order valence-corrected chi connectivity index (χ3v) is 3.16. The van der Waals surface area contributed by atoms with Crippen molar-refractivity contribution < 1.29 is 19.8 Å². The first kappa shape index (κ1) is 22.6. The van der Waals surface area contributed by atoms with Gasteiger partial charge in [0.15, 0.2) is 0 Å². The maximum Gasteiger partial charge on any atom is 0.335 e. The van der Waals surface area contributed by atoms with E-state index in [1.165, 1.54) is 17.7 Å². The Kier molecular flexibility index (Phi) is 12.2. The van der Waals surface area contributed by atoms with Gasteiger partial charge in [0, 0.05) is 12.2 Å². The van der Waals surface area contributed by atoms with E-state index in [0.717, 1.165) is 25.0 Å². The van der Waals surface area contributed by atoms with Crippen molar-refractivity contribution in [1.29, 1.82) is 5.26 Å². The Bertz CT molecular complexity index is 722. The van der Waals surface area contributed by atoms with Gasteiger partial charge in [-0.15, -0.1) is 0 Å². The number of unbranched alkanes of at least 4 members (excludes halogenated alkanes) is 1. The molecule has 0 bridgehead atoms. The number of carboxylic acid groups (broad SMARTS) is 2. The van der Waals surface area contributed by atoms with Gasteiger partial charge in [-0.3, -0.25) is 0 Å². The quantitative estimate of drug-likeness (QED) is 0.404. The van der Waals surface area contributed by atoms with Gasteiger partial charge in [0.2, 0.25) is 0 Å². The fourth-order valence-electron chi connectivity index (χ4n) is 1.87. The number of benzene rings is 1. The van der Waals surface area contributed by atoms with Crippen LogP contribution < -0.4 is 0 Å². The Morgan fingerprint density at radius 3 is 2.23 bits per heavy atom. The minimum Gasteiger partial charge on any atom is -0.478 e. The molecule has 0 spiro atoms. The molecule has 0 saturated heterocycles. The smallest absolute Gasteiger partial charge is 0.335 e. The molecule has 0 unspecified atom stereocenters. The van der Waals surface area contributed by atoms with Gasteiger partial charge in [-0.2, -0.15) is 5.26 Å². The lowest BCUT2D eigenvalue weighted by Crippen LogP contribution is -2.02. The summed E-state index contributed by atoms with van der Waals surface area (Å²) >= 11 is 0. The summed E-state index contributed by atoms with van der Waals surface area (Å²) in [4.78, 5) is 21.5. The van der Waals surface area contributed by atoms with E-state index in [1.54, 1.807) is 6.07 Å². The second kappa shape index (κ2) is 14.0. The third kappa shape index (κ3) is 10.4. The molecule has 0 heterocycles. The molecule has 0 aliphatic heterocycles. The monoisotopic (exact) mass is 353 g/mol. The molecule has 0 radical (unpaired) electrons. The molecular weight excluding hydrogens is 330 g/mol. The maximum absolute atomic E-state index is 11.1. The van der Waals surface area contributed by atoms with Crippen LogP contribution in [-0.2, 0) is 9.59 Å². The van der Waals surface area contributed by atoms with Gasteiger partial charge in [0.1, 0.15) is 0 Å². The van der Waals surface area contributed by atoms with Gasteiger partial charge in [-0.25, -0.2) is 9.59 Å². The SMILES string of the molecule is C=Cc1ccccc1.CCCCC(C=CC(=O)O)=C(C=CC#N)C(=O)O. The molecule has 136 valence electrons. The van der Waals surface area contributed by atoms with Crippen molar-refractivity contribution in [2.75, 3.05) is 0 Å². The van der Waals surface area contributed by atoms with E-state index < -0.39 is 11.9 Å². The number of allylic oxidation sites excluding steroid dienone is 3. The highest BCUT2D eigenvalue weighted by Gasteiger charge is 2.09. The summed E-state index contributed by atoms with van der Waals surface area (Å²) in [7, 11) is 0. The third-order valence-electron chi connectivity index (χ3n) is 3.16. The largest absolute Gasteiger partial charge is 0.478 e. The van der Waals surface area contributed by atoms with Crippen LogP contribution in [0.4, 0.5) is 0 Å². The number of rotatable bonds is 8. The van der Waals surface area contributed by atoms with E-state index in [-0.39, 0.29) is 5.57 Å². The van der Waals surface area contributed by atoms with Crippen LogP contribution >= 0.6 is 0 Å². The highest BCUT2D eigenvalue weighted by molar-refractivity contribution is 5.92. The van der Waals surface area contributed by atoms with E-state index in [9.17, 15) is 9.59 Å². The summed E-state index contributed by atoms with van der Waals surface area (Å²) in [5, 5.41) is 26.0. The summed E-state index contributed by atoms with van der Waals surface area (Å²) in [6, 6.07) is 11.7. The van der Waals surface area contributed by atoms with Crippen molar-refractivity contribution in [3.8, 4) is 6.07 Å². The van der Waals surface area contributed by atoms with Crippen LogP contribution in [0.1, 0.15) is 31.7 Å². The minimum absolute atomic E-state index is 0.0532. The predicted octanol–water partition coefficient (Wildman–Crippen LogP) is 4.61. The first-order valence-corrected chi connectivity index (χ1v) is 8.07. The number of hydrogen-bond donors (Lipinski definition) is 2. The highest BCUT2D eigenvalue weighted by Crippen LogP contribution is 2.16. The molecule has 0 aliphatic rings. The Labute approximate surface area is 153 Å². The maximum atomic E-state index is 11.1. The first-order valence-electron chi connectivity index (χ1n) is 8.07. The Morgan fingerprint density at radius 1 is 1.15 bits per heavy atom. The lowest BCUT2D eigenvalue weighted by Gasteiger charge is -2.04. The highest BCUT2D eigenvalue weighted by atomic mass is 16.4. The van der Waals surface area contributed by atoms with E-state index in [2.05, 4.69) is 6.58 Å². The number of aliphatic carboxylic acids is 2. The van der Waals surface area contributed by atoms with Crippen molar-refractivity contribution in [2.24, 2.45) is 0 Å². The molecule has 0 saturated carbocycles. The predicted molar refractivity (Wildman–Crippen MR) is 102 cm³/mol. The second-order valence-corrected chi connectivity index (χ2v) is 5.10. The molecule has 2 N–H and O–H groups in total. The van der Waals surface area contributed by atoms with E-state index >= 15 is 0 Å². The average Bonchev–Trinajstić information content (AvgIpc) is 2.64. The van der Waals surface area contributed by atoms with Crippen LogP contribution in [0.25, 0.3) is 6.08 Å². The number of hydrogen-bond acceptors (Lipinski definition) is 3. The van der Waals surface area contributed by atoms with E-state index in [1.807, 2.05) is 43.3 Å². The molecule has 0 amide bonds. The van der Waals surface area contributed by atoms with Crippen molar-refractivity contribution in [1.82, 2.24) is 0 Å². The molecule has 0 aliphatic carbocycles. The summed E-state index contributed by atoms with van der Waals surface area (Å²) in [5.74, 6) is -2.32. The van der Waals surface area contributed by atoms with Gasteiger partial charge in [0.25, 0.3) is 0 Å². The number of nitriles is 1. The summed E-state index contributed by atoms with van der Waals surface area (Å²) in [6.45, 7) is 5.58. The first-order chi connectivity index (χ1) is 12.5. The molecule has 0 fully saturated rings. The molecule has 1 rings (SSSR count). The van der Waals surface area contributed by atoms with Gasteiger partial charge in [-0.05, 0) is 30.1 Å². The molecule has 0 atom stereocenters. The Balaban J connectivity index is 0.000000642. The second-order valence-electron chi connectivity index (χ2n) is 5.10. The fourth-order valence-corrected chi connectivity index (χ4v) is 1.87. The van der Waals surface area contributed by atoms with Crippen molar-refractivity contribution in [3.05, 3.63) is 77.9 Å². The zero-order valence-electron chi connectivity index (χ0n) is 14.8. The van der Waals surface area contributed by atoms with Crippen LogP contribution in [0.15, 0.2) is 72.4 Å². The summed E-state index contributed by atoms with van der Waals surface area (Å²) in [5.41, 5.74) is 1.52. The summed E-state index contributed by atoms with van der Waals surface area (Å²) in [6.07, 6.45) is 8.30. The topological polar surface area (TPSA) is 98.4 Å². The minimum atomic E-state index is -1.18. The number of carboxylic acids is 2. The molecule has 26 heavy (non-hydrogen) atoms. The van der Waals surface area contributed by atoms with Gasteiger partial charge in [-0.1, -0.05) is 62.4 Å². The lowest BCUT2D eigenvalue weighted by molar-refractivity contribution is -0.133. The molecule has 5 heteroatoms. The van der Waals surface area contributed by atoms with Crippen molar-refractivity contribution >= 4 is 18.0 Å². The Hall–Kier alpha value is -3.39. The Morgan fingerprint density at radius 2 is 1.81 bits per heavy atom. The van der Waals surface area contributed by atoms with Gasteiger partial charge >= 0.3 is 11.9 Å². The van der Waals surface area contributed by atoms with Crippen molar-refractivity contribution in [2.45, 2.75) is 26.2 Å². The lowest BCUT2D eigenvalue weighted by atomic mass is 10.0. The number of nitrogens with zero attached hydrogens (tertiary/aromatic N) is 1. The zero-order chi connectivity index (χ0) is 19.8. The molecule has 5 nitrogen and oxygen atoms in total. The van der Waals surface area contributed by atoms with E-state index in [0.29, 0.717) is 12.0 Å². The molecule has 1 aromatic carbocycles. The van der Waals surface area contributed by atoms with Gasteiger partial charge < -0.3 is 10.2 Å². The zero-order valence-corrected chi connectivity index (χ0v) is 14.8. The van der Waals surface area contributed by atoms with E-state index in [4.69, 9.17) is 15.5 Å². The standard InChI is InChI=1S/C13H15NO4.C8H8/c1-2-3-5-10(7-8-12(15)16)11(13(17)18)6-4-9-14;1-2-8-6-4-3-5-7-8/h4,6-8H,2-3,5H2,1H3,(H,15,16)(H,17,18);2-7H,1H2. The van der Waals surface area contributed by atoms with Crippen LogP contribution in [0.3, 0.4) is 0 Å². The van der Waals surface area contributed by atoms with Crippen LogP contribution in [0.5, 0.6) is 0 Å². The molecule has 1 aromatic rings. The van der Waals surface area contributed by atoms with Crippen LogP contribution in [-0.4, -0.2) is 22.2 Å². The van der Waals surface area contributed by atoms with Gasteiger partial charge in [0.05, 0.1) is 11.6 Å². The number of carbonyl (C=O) groups is 2. The summed E-state index contributed by atoms with van der Waals surface area (Å²) < 4.78 is 0. The molecular formula is C21H23NO4. The van der Waals surface area contributed by atoms with Crippen molar-refractivity contribution in [3.63, 3.8) is 0 Å². The van der Waals surface area contributed by atoms with Crippen LogP contribution in [0.2, 0.25) is 0 Å². The average molecular weight is 353 g/mol. The van der Waals surface area contributed by atoms with Crippen LogP contribution in [0, 0.1) is 11.3 Å².